The van der Waals surface area contributed by atoms with Crippen LogP contribution in [-0.2, 0) is 0 Å². The van der Waals surface area contributed by atoms with Crippen LogP contribution < -0.4 is 5.32 Å². The first-order valence-electron chi connectivity index (χ1n) is 4.77. The number of rotatable bonds is 2. The Hall–Kier alpha value is -0.0800. The Morgan fingerprint density at radius 1 is 1.45 bits per heavy atom. The van der Waals surface area contributed by atoms with Crippen molar-refractivity contribution in [2.24, 2.45) is 5.92 Å². The number of hydrogen-bond donors (Lipinski definition) is 1. The molecule has 2 aliphatic rings. The maximum atomic E-state index is 3.46. The predicted octanol–water partition coefficient (Wildman–Crippen LogP) is 0.690. The molecule has 1 atom stereocenters. The molecule has 2 nitrogen and oxygen atoms in total. The normalized spacial score (nSPS) is 34.1. The van der Waals surface area contributed by atoms with Crippen LogP contribution in [-0.4, -0.2) is 37.6 Å². The van der Waals surface area contributed by atoms with Crippen molar-refractivity contribution < 1.29 is 0 Å². The van der Waals surface area contributed by atoms with Crippen LogP contribution in [0.3, 0.4) is 0 Å². The molecule has 0 aromatic carbocycles. The third-order valence-electron chi connectivity index (χ3n) is 2.95. The first-order valence-corrected chi connectivity index (χ1v) is 4.77. The molecular formula is C9H18N2. The lowest BCUT2D eigenvalue weighted by molar-refractivity contribution is 0.184. The lowest BCUT2D eigenvalue weighted by Gasteiger charge is -2.33. The topological polar surface area (TPSA) is 15.3 Å². The van der Waals surface area contributed by atoms with E-state index in [0.29, 0.717) is 0 Å². The van der Waals surface area contributed by atoms with Gasteiger partial charge in [0, 0.05) is 25.7 Å². The smallest absolute Gasteiger partial charge is 0.0220 e. The van der Waals surface area contributed by atoms with Crippen molar-refractivity contribution >= 4 is 0 Å². The van der Waals surface area contributed by atoms with E-state index in [-0.39, 0.29) is 0 Å². The summed E-state index contributed by atoms with van der Waals surface area (Å²) >= 11 is 0. The Balaban J connectivity index is 1.78. The molecule has 2 rings (SSSR count). The summed E-state index contributed by atoms with van der Waals surface area (Å²) in [5.74, 6) is 1.07. The molecule has 0 spiro atoms. The van der Waals surface area contributed by atoms with Crippen LogP contribution in [0.2, 0.25) is 0 Å². The van der Waals surface area contributed by atoms with E-state index in [1.165, 1.54) is 38.9 Å². The number of nitrogens with one attached hydrogen (secondary N) is 1. The zero-order chi connectivity index (χ0) is 7.68. The van der Waals surface area contributed by atoms with E-state index < -0.39 is 0 Å². The number of hydrogen-bond acceptors (Lipinski definition) is 2. The minimum atomic E-state index is 0.830. The standard InChI is InChI=1S/C9H18N2/c1-11-5-4-10-7-9(11)6-8-2-3-8/h8-10H,2-7H2,1H3. The van der Waals surface area contributed by atoms with E-state index >= 15 is 0 Å². The fourth-order valence-corrected chi connectivity index (χ4v) is 1.86. The summed E-state index contributed by atoms with van der Waals surface area (Å²) in [4.78, 5) is 2.51. The summed E-state index contributed by atoms with van der Waals surface area (Å²) in [5, 5.41) is 3.46. The second-order valence-electron chi connectivity index (χ2n) is 4.02. The Morgan fingerprint density at radius 3 is 2.91 bits per heavy atom. The first kappa shape index (κ1) is 7.56. The highest BCUT2D eigenvalue weighted by molar-refractivity contribution is 4.84. The third-order valence-corrected chi connectivity index (χ3v) is 2.95. The molecule has 0 bridgehead atoms. The quantitative estimate of drug-likeness (QED) is 0.629. The highest BCUT2D eigenvalue weighted by Crippen LogP contribution is 2.34. The van der Waals surface area contributed by atoms with Crippen LogP contribution in [0.5, 0.6) is 0 Å². The average molecular weight is 154 g/mol. The molecular weight excluding hydrogens is 136 g/mol. The van der Waals surface area contributed by atoms with E-state index in [9.17, 15) is 0 Å². The van der Waals surface area contributed by atoms with E-state index in [1.54, 1.807) is 0 Å². The highest BCUT2D eigenvalue weighted by Gasteiger charge is 2.28. The molecule has 1 heterocycles. The van der Waals surface area contributed by atoms with Gasteiger partial charge in [0.2, 0.25) is 0 Å². The van der Waals surface area contributed by atoms with Gasteiger partial charge in [0.25, 0.3) is 0 Å². The van der Waals surface area contributed by atoms with Gasteiger partial charge in [-0.15, -0.1) is 0 Å². The Labute approximate surface area is 69.0 Å². The summed E-state index contributed by atoms with van der Waals surface area (Å²) < 4.78 is 0. The summed E-state index contributed by atoms with van der Waals surface area (Å²) in [5.41, 5.74) is 0. The van der Waals surface area contributed by atoms with E-state index in [2.05, 4.69) is 17.3 Å². The molecule has 1 saturated heterocycles. The maximum Gasteiger partial charge on any atom is 0.0220 e. The van der Waals surface area contributed by atoms with Crippen LogP contribution in [0, 0.1) is 5.92 Å². The third kappa shape index (κ3) is 1.94. The van der Waals surface area contributed by atoms with Crippen LogP contribution in [0.15, 0.2) is 0 Å². The average Bonchev–Trinajstić information content (AvgIpc) is 2.78. The number of piperazine rings is 1. The maximum absolute atomic E-state index is 3.46. The van der Waals surface area contributed by atoms with Crippen LogP contribution >= 0.6 is 0 Å². The predicted molar refractivity (Wildman–Crippen MR) is 46.6 cm³/mol. The minimum Gasteiger partial charge on any atom is -0.314 e. The SMILES string of the molecule is CN1CCNCC1CC1CC1. The van der Waals surface area contributed by atoms with Crippen molar-refractivity contribution in [1.29, 1.82) is 0 Å². The van der Waals surface area contributed by atoms with E-state index in [1.807, 2.05) is 0 Å². The van der Waals surface area contributed by atoms with Gasteiger partial charge in [0.1, 0.15) is 0 Å². The second kappa shape index (κ2) is 3.11. The molecule has 1 aliphatic heterocycles. The molecule has 1 aliphatic carbocycles. The van der Waals surface area contributed by atoms with Gasteiger partial charge >= 0.3 is 0 Å². The van der Waals surface area contributed by atoms with Crippen LogP contribution in [0.1, 0.15) is 19.3 Å². The molecule has 0 aromatic rings. The van der Waals surface area contributed by atoms with Gasteiger partial charge in [-0.2, -0.15) is 0 Å². The minimum absolute atomic E-state index is 0.830. The largest absolute Gasteiger partial charge is 0.314 e. The van der Waals surface area contributed by atoms with Gasteiger partial charge in [-0.1, -0.05) is 12.8 Å². The Bertz CT molecular complexity index is 132. The number of nitrogens with zero attached hydrogens (tertiary/aromatic N) is 1. The van der Waals surface area contributed by atoms with Crippen molar-refractivity contribution in [2.45, 2.75) is 25.3 Å². The second-order valence-corrected chi connectivity index (χ2v) is 4.02. The van der Waals surface area contributed by atoms with E-state index in [4.69, 9.17) is 0 Å². The fraction of sp³-hybridized carbons (Fsp3) is 1.00. The van der Waals surface area contributed by atoms with Gasteiger partial charge < -0.3 is 10.2 Å². The van der Waals surface area contributed by atoms with E-state index in [0.717, 1.165) is 12.0 Å². The zero-order valence-electron chi connectivity index (χ0n) is 7.34. The zero-order valence-corrected chi connectivity index (χ0v) is 7.34. The summed E-state index contributed by atoms with van der Waals surface area (Å²) in [6.45, 7) is 3.63. The molecule has 2 heteroatoms. The van der Waals surface area contributed by atoms with Gasteiger partial charge in [-0.3, -0.25) is 0 Å². The summed E-state index contributed by atoms with van der Waals surface area (Å²) in [6, 6.07) is 0.830. The molecule has 0 radical (unpaired) electrons. The van der Waals surface area contributed by atoms with Gasteiger partial charge in [0.05, 0.1) is 0 Å². The van der Waals surface area contributed by atoms with Gasteiger partial charge in [0.15, 0.2) is 0 Å². The summed E-state index contributed by atoms with van der Waals surface area (Å²) in [6.07, 6.45) is 4.41. The lowest BCUT2D eigenvalue weighted by atomic mass is 10.1. The Kier molecular flexibility index (Phi) is 2.14. The molecule has 1 saturated carbocycles. The molecule has 64 valence electrons. The molecule has 2 fully saturated rings. The molecule has 0 aromatic heterocycles. The van der Waals surface area contributed by atoms with Crippen molar-refractivity contribution in [3.05, 3.63) is 0 Å². The van der Waals surface area contributed by atoms with Gasteiger partial charge in [-0.05, 0) is 19.4 Å². The Morgan fingerprint density at radius 2 is 2.27 bits per heavy atom. The number of likely N-dealkylation sites (N-methyl/N-ethyl adjacent to an activating group) is 1. The molecule has 0 amide bonds. The van der Waals surface area contributed by atoms with Crippen molar-refractivity contribution in [3.63, 3.8) is 0 Å². The van der Waals surface area contributed by atoms with Crippen molar-refractivity contribution in [3.8, 4) is 0 Å². The van der Waals surface area contributed by atoms with Crippen molar-refractivity contribution in [1.82, 2.24) is 10.2 Å². The van der Waals surface area contributed by atoms with Gasteiger partial charge in [-0.25, -0.2) is 0 Å². The fourth-order valence-electron chi connectivity index (χ4n) is 1.86. The van der Waals surface area contributed by atoms with Crippen molar-refractivity contribution in [2.75, 3.05) is 26.7 Å². The monoisotopic (exact) mass is 154 g/mol. The van der Waals surface area contributed by atoms with Crippen LogP contribution in [0.4, 0.5) is 0 Å². The van der Waals surface area contributed by atoms with Crippen LogP contribution in [0.25, 0.3) is 0 Å². The lowest BCUT2D eigenvalue weighted by Crippen LogP contribution is -2.49. The molecule has 11 heavy (non-hydrogen) atoms. The summed E-state index contributed by atoms with van der Waals surface area (Å²) in [7, 11) is 2.26. The first-order chi connectivity index (χ1) is 5.36. The highest BCUT2D eigenvalue weighted by atomic mass is 15.2. The molecule has 1 N–H and O–H groups in total. The molecule has 1 unspecified atom stereocenters.